The first-order valence-corrected chi connectivity index (χ1v) is 5.36. The molecule has 1 fully saturated rings. The fraction of sp³-hybridized carbons (Fsp3) is 0.400. The van der Waals surface area contributed by atoms with Crippen LogP contribution in [0.2, 0.25) is 0 Å². The molecule has 17 heavy (non-hydrogen) atoms. The van der Waals surface area contributed by atoms with Crippen LogP contribution in [0.15, 0.2) is 23.1 Å². The van der Waals surface area contributed by atoms with Crippen LogP contribution in [-0.4, -0.2) is 39.8 Å². The molecule has 0 saturated carbocycles. The lowest BCUT2D eigenvalue weighted by atomic mass is 10.3. The van der Waals surface area contributed by atoms with E-state index in [4.69, 9.17) is 9.26 Å². The van der Waals surface area contributed by atoms with Crippen molar-refractivity contribution in [2.24, 2.45) is 0 Å². The summed E-state index contributed by atoms with van der Waals surface area (Å²) in [5.41, 5.74) is 0.638. The Bertz CT molecular complexity index is 480. The molecule has 3 rings (SSSR count). The third-order valence-corrected chi connectivity index (χ3v) is 2.46. The highest BCUT2D eigenvalue weighted by molar-refractivity contribution is 5.46. The second kappa shape index (κ2) is 4.56. The molecule has 0 aliphatic carbocycles. The van der Waals surface area contributed by atoms with Gasteiger partial charge in [0.15, 0.2) is 0 Å². The summed E-state index contributed by atoms with van der Waals surface area (Å²) < 4.78 is 10.7. The molecule has 0 aromatic carbocycles. The number of rotatable bonds is 2. The summed E-state index contributed by atoms with van der Waals surface area (Å²) in [6.07, 6.45) is 2.91. The topological polar surface area (TPSA) is 86.0 Å². The van der Waals surface area contributed by atoms with Crippen molar-refractivity contribution in [1.29, 1.82) is 0 Å². The molecule has 1 atom stereocenters. The molecule has 1 N–H and O–H groups in total. The maximum absolute atomic E-state index is 5.52. The van der Waals surface area contributed by atoms with Gasteiger partial charge in [-0.15, -0.1) is 0 Å². The molecule has 1 unspecified atom stereocenters. The van der Waals surface area contributed by atoms with Crippen molar-refractivity contribution >= 4 is 0 Å². The van der Waals surface area contributed by atoms with E-state index in [9.17, 15) is 0 Å². The summed E-state index contributed by atoms with van der Waals surface area (Å²) in [6.45, 7) is 2.19. The highest BCUT2D eigenvalue weighted by Gasteiger charge is 2.22. The number of nitrogens with zero attached hydrogens (tertiary/aromatic N) is 4. The Morgan fingerprint density at radius 2 is 2.41 bits per heavy atom. The van der Waals surface area contributed by atoms with Gasteiger partial charge < -0.3 is 14.6 Å². The third kappa shape index (κ3) is 2.15. The van der Waals surface area contributed by atoms with Gasteiger partial charge in [0.1, 0.15) is 18.1 Å². The van der Waals surface area contributed by atoms with Gasteiger partial charge in [-0.1, -0.05) is 5.16 Å². The van der Waals surface area contributed by atoms with Gasteiger partial charge in [0.25, 0.3) is 5.89 Å². The molecule has 7 nitrogen and oxygen atoms in total. The van der Waals surface area contributed by atoms with E-state index in [1.165, 1.54) is 6.33 Å². The first-order chi connectivity index (χ1) is 8.43. The fourth-order valence-electron chi connectivity index (χ4n) is 1.62. The lowest BCUT2D eigenvalue weighted by Crippen LogP contribution is -2.33. The zero-order chi connectivity index (χ0) is 11.5. The van der Waals surface area contributed by atoms with E-state index in [0.717, 1.165) is 6.54 Å². The first-order valence-electron chi connectivity index (χ1n) is 5.36. The lowest BCUT2D eigenvalue weighted by molar-refractivity contribution is 0.00755. The van der Waals surface area contributed by atoms with Crippen molar-refractivity contribution in [3.8, 4) is 11.5 Å². The van der Waals surface area contributed by atoms with E-state index in [2.05, 4.69) is 25.4 Å². The Morgan fingerprint density at radius 1 is 1.41 bits per heavy atom. The minimum Gasteiger partial charge on any atom is -0.366 e. The average molecular weight is 233 g/mol. The molecule has 0 amide bonds. The summed E-state index contributed by atoms with van der Waals surface area (Å²) >= 11 is 0. The van der Waals surface area contributed by atoms with Crippen molar-refractivity contribution in [2.75, 3.05) is 19.7 Å². The van der Waals surface area contributed by atoms with E-state index in [-0.39, 0.29) is 6.10 Å². The number of hydrogen-bond donors (Lipinski definition) is 1. The molecule has 7 heteroatoms. The smallest absolute Gasteiger partial charge is 0.257 e. The molecule has 3 heterocycles. The Morgan fingerprint density at radius 3 is 3.18 bits per heavy atom. The van der Waals surface area contributed by atoms with Crippen LogP contribution in [0.25, 0.3) is 11.5 Å². The summed E-state index contributed by atoms with van der Waals surface area (Å²) in [5.74, 6) is 0.933. The standard InChI is InChI=1S/C10H11N5O2/c1-2-12-6-13-7(1)9-14-10(17-15-9)8-5-11-3-4-16-8/h1-2,6,8,11H,3-5H2. The van der Waals surface area contributed by atoms with Crippen LogP contribution in [0.4, 0.5) is 0 Å². The summed E-state index contributed by atoms with van der Waals surface area (Å²) in [4.78, 5) is 12.2. The van der Waals surface area contributed by atoms with Crippen LogP contribution >= 0.6 is 0 Å². The van der Waals surface area contributed by atoms with Gasteiger partial charge in [-0.3, -0.25) is 0 Å². The van der Waals surface area contributed by atoms with Gasteiger partial charge in [0.05, 0.1) is 6.61 Å². The van der Waals surface area contributed by atoms with Crippen LogP contribution in [0.1, 0.15) is 12.0 Å². The summed E-state index contributed by atoms with van der Waals surface area (Å²) in [6, 6.07) is 1.73. The number of hydrogen-bond acceptors (Lipinski definition) is 7. The van der Waals surface area contributed by atoms with Gasteiger partial charge in [-0.25, -0.2) is 9.97 Å². The highest BCUT2D eigenvalue weighted by atomic mass is 16.5. The number of aromatic nitrogens is 4. The Kier molecular flexibility index (Phi) is 2.76. The van der Waals surface area contributed by atoms with E-state index in [1.807, 2.05) is 0 Å². The quantitative estimate of drug-likeness (QED) is 0.792. The van der Waals surface area contributed by atoms with E-state index < -0.39 is 0 Å². The van der Waals surface area contributed by atoms with Gasteiger partial charge in [0, 0.05) is 19.3 Å². The molecule has 2 aromatic heterocycles. The molecule has 1 aliphatic heterocycles. The van der Waals surface area contributed by atoms with E-state index in [1.54, 1.807) is 12.3 Å². The molecule has 1 aliphatic rings. The minimum absolute atomic E-state index is 0.174. The maximum atomic E-state index is 5.52. The Hall–Kier alpha value is -1.86. The van der Waals surface area contributed by atoms with Gasteiger partial charge in [-0.05, 0) is 6.07 Å². The van der Waals surface area contributed by atoms with Crippen LogP contribution < -0.4 is 5.32 Å². The monoisotopic (exact) mass is 233 g/mol. The maximum Gasteiger partial charge on any atom is 0.257 e. The second-order valence-electron chi connectivity index (χ2n) is 3.61. The normalized spacial score (nSPS) is 20.4. The van der Waals surface area contributed by atoms with Gasteiger partial charge in [-0.2, -0.15) is 4.98 Å². The number of nitrogens with one attached hydrogen (secondary N) is 1. The van der Waals surface area contributed by atoms with Crippen molar-refractivity contribution in [1.82, 2.24) is 25.4 Å². The van der Waals surface area contributed by atoms with Crippen LogP contribution in [0, 0.1) is 0 Å². The van der Waals surface area contributed by atoms with Crippen LogP contribution in [0.5, 0.6) is 0 Å². The number of ether oxygens (including phenoxy) is 1. The predicted molar refractivity (Wildman–Crippen MR) is 56.9 cm³/mol. The largest absolute Gasteiger partial charge is 0.366 e. The van der Waals surface area contributed by atoms with Gasteiger partial charge >= 0.3 is 0 Å². The molecule has 0 bridgehead atoms. The molecule has 0 radical (unpaired) electrons. The first kappa shape index (κ1) is 10.3. The molecule has 88 valence electrons. The fourth-order valence-corrected chi connectivity index (χ4v) is 1.62. The molecular weight excluding hydrogens is 222 g/mol. The zero-order valence-electron chi connectivity index (χ0n) is 9.04. The SMILES string of the molecule is c1cc(-c2noc(C3CNCCO3)n2)ncn1. The number of morpholine rings is 1. The highest BCUT2D eigenvalue weighted by Crippen LogP contribution is 2.19. The second-order valence-corrected chi connectivity index (χ2v) is 3.61. The molecule has 1 saturated heterocycles. The summed E-state index contributed by atoms with van der Waals surface area (Å²) in [7, 11) is 0. The predicted octanol–water partition coefficient (Wildman–Crippen LogP) is 0.187. The molecular formula is C10H11N5O2. The van der Waals surface area contributed by atoms with Gasteiger partial charge in [0.2, 0.25) is 5.82 Å². The van der Waals surface area contributed by atoms with Crippen molar-refractivity contribution < 1.29 is 9.26 Å². The van der Waals surface area contributed by atoms with Crippen LogP contribution in [0.3, 0.4) is 0 Å². The van der Waals surface area contributed by atoms with Crippen molar-refractivity contribution in [3.63, 3.8) is 0 Å². The Labute approximate surface area is 97.2 Å². The minimum atomic E-state index is -0.174. The average Bonchev–Trinajstić information content (AvgIpc) is 2.90. The summed E-state index contributed by atoms with van der Waals surface area (Å²) in [5, 5.41) is 7.08. The zero-order valence-corrected chi connectivity index (χ0v) is 9.04. The van der Waals surface area contributed by atoms with Crippen molar-refractivity contribution in [3.05, 3.63) is 24.5 Å². The molecule has 2 aromatic rings. The van der Waals surface area contributed by atoms with E-state index >= 15 is 0 Å². The van der Waals surface area contributed by atoms with Crippen LogP contribution in [-0.2, 0) is 4.74 Å². The Balaban J connectivity index is 1.83. The van der Waals surface area contributed by atoms with E-state index in [0.29, 0.717) is 30.6 Å². The van der Waals surface area contributed by atoms with Crippen molar-refractivity contribution in [2.45, 2.75) is 6.10 Å². The lowest BCUT2D eigenvalue weighted by Gasteiger charge is -2.19. The molecule has 0 spiro atoms. The third-order valence-electron chi connectivity index (χ3n) is 2.46.